The van der Waals surface area contributed by atoms with E-state index in [2.05, 4.69) is 19.9 Å². The van der Waals surface area contributed by atoms with Gasteiger partial charge < -0.3 is 24.3 Å². The third kappa shape index (κ3) is 5.06. The summed E-state index contributed by atoms with van der Waals surface area (Å²) in [6, 6.07) is 8.73. The normalized spacial score (nSPS) is 10.4. The molecular weight excluding hydrogens is 450 g/mol. The maximum absolute atomic E-state index is 12.7. The van der Waals surface area contributed by atoms with Crippen molar-refractivity contribution in [3.8, 4) is 22.9 Å². The minimum atomic E-state index is -0.863. The Balaban J connectivity index is 1.89. The van der Waals surface area contributed by atoms with Gasteiger partial charge in [-0.25, -0.2) is 19.0 Å². The van der Waals surface area contributed by atoms with Crippen LogP contribution >= 0.6 is 0 Å². The van der Waals surface area contributed by atoms with Gasteiger partial charge in [-0.15, -0.1) is 0 Å². The number of carbonyl (C=O) groups is 3. The number of nitrogens with one attached hydrogen (secondary N) is 1. The summed E-state index contributed by atoms with van der Waals surface area (Å²) in [6.45, 7) is -0.470. The SMILES string of the molecule is COC(=O)c1cc(NC(=O)Cn2c(-c3ccc(OC)c(OC)c3)noc2=O)cc(C(=O)OC)c1. The molecule has 0 saturated heterocycles. The van der Waals surface area contributed by atoms with Crippen molar-refractivity contribution in [1.29, 1.82) is 0 Å². The predicted octanol–water partition coefficient (Wildman–Crippen LogP) is 1.73. The average molecular weight is 471 g/mol. The van der Waals surface area contributed by atoms with Crippen molar-refractivity contribution in [2.24, 2.45) is 0 Å². The van der Waals surface area contributed by atoms with Crippen LogP contribution in [0, 0.1) is 0 Å². The Morgan fingerprint density at radius 3 is 2.09 bits per heavy atom. The quantitative estimate of drug-likeness (QED) is 0.482. The van der Waals surface area contributed by atoms with Gasteiger partial charge in [0.15, 0.2) is 17.3 Å². The molecule has 12 nitrogen and oxygen atoms in total. The third-order valence-corrected chi connectivity index (χ3v) is 4.69. The first-order valence-corrected chi connectivity index (χ1v) is 9.71. The molecule has 12 heteroatoms. The molecule has 0 atom stereocenters. The van der Waals surface area contributed by atoms with E-state index >= 15 is 0 Å². The number of amides is 1. The fourth-order valence-corrected chi connectivity index (χ4v) is 3.11. The number of ether oxygens (including phenoxy) is 4. The fraction of sp³-hybridized carbons (Fsp3) is 0.227. The maximum Gasteiger partial charge on any atom is 0.442 e. The minimum absolute atomic E-state index is 0.0221. The smallest absolute Gasteiger partial charge is 0.442 e. The van der Waals surface area contributed by atoms with Crippen LogP contribution in [0.4, 0.5) is 5.69 Å². The average Bonchev–Trinajstić information content (AvgIpc) is 3.21. The molecule has 0 radical (unpaired) electrons. The Labute approximate surface area is 193 Å². The molecule has 0 bridgehead atoms. The van der Waals surface area contributed by atoms with E-state index in [1.807, 2.05) is 0 Å². The summed E-state index contributed by atoms with van der Waals surface area (Å²) in [4.78, 5) is 48.8. The highest BCUT2D eigenvalue weighted by molar-refractivity contribution is 5.99. The monoisotopic (exact) mass is 471 g/mol. The second-order valence-corrected chi connectivity index (χ2v) is 6.76. The molecule has 3 rings (SSSR count). The summed E-state index contributed by atoms with van der Waals surface area (Å²) in [6.07, 6.45) is 0. The number of esters is 2. The van der Waals surface area contributed by atoms with Crippen LogP contribution in [0.3, 0.4) is 0 Å². The number of hydrogen-bond acceptors (Lipinski definition) is 10. The lowest BCUT2D eigenvalue weighted by molar-refractivity contribution is -0.116. The van der Waals surface area contributed by atoms with Crippen LogP contribution in [-0.4, -0.2) is 56.0 Å². The summed E-state index contributed by atoms with van der Waals surface area (Å²) < 4.78 is 25.6. The van der Waals surface area contributed by atoms with Crippen LogP contribution in [0.1, 0.15) is 20.7 Å². The predicted molar refractivity (Wildman–Crippen MR) is 117 cm³/mol. The van der Waals surface area contributed by atoms with Gasteiger partial charge in [0.05, 0.1) is 39.6 Å². The van der Waals surface area contributed by atoms with Crippen molar-refractivity contribution in [2.75, 3.05) is 33.8 Å². The molecule has 1 aromatic heterocycles. The van der Waals surface area contributed by atoms with Gasteiger partial charge >= 0.3 is 17.7 Å². The van der Waals surface area contributed by atoms with Crippen LogP contribution in [-0.2, 0) is 20.8 Å². The summed E-state index contributed by atoms with van der Waals surface area (Å²) >= 11 is 0. The van der Waals surface area contributed by atoms with Crippen molar-refractivity contribution in [3.63, 3.8) is 0 Å². The molecule has 3 aromatic rings. The van der Waals surface area contributed by atoms with Gasteiger partial charge in [-0.1, -0.05) is 5.16 Å². The summed E-state index contributed by atoms with van der Waals surface area (Å²) in [7, 11) is 5.30. The number of benzene rings is 2. The molecule has 0 aliphatic heterocycles. The van der Waals surface area contributed by atoms with Gasteiger partial charge in [-0.2, -0.15) is 0 Å². The molecule has 0 unspecified atom stereocenters. The Hall–Kier alpha value is -4.61. The largest absolute Gasteiger partial charge is 0.493 e. The molecule has 34 heavy (non-hydrogen) atoms. The van der Waals surface area contributed by atoms with E-state index in [1.165, 1.54) is 46.6 Å². The number of rotatable bonds is 8. The lowest BCUT2D eigenvalue weighted by Gasteiger charge is -2.11. The topological polar surface area (TPSA) is 148 Å². The molecule has 1 N–H and O–H groups in total. The summed E-state index contributed by atoms with van der Waals surface area (Å²) in [5.41, 5.74) is 0.602. The number of aromatic nitrogens is 2. The fourth-order valence-electron chi connectivity index (χ4n) is 3.11. The molecule has 0 fully saturated rings. The van der Waals surface area contributed by atoms with Crippen LogP contribution in [0.2, 0.25) is 0 Å². The molecule has 0 aliphatic rings. The lowest BCUT2D eigenvalue weighted by Crippen LogP contribution is -2.25. The number of methoxy groups -OCH3 is 4. The lowest BCUT2D eigenvalue weighted by atomic mass is 10.1. The van der Waals surface area contributed by atoms with E-state index in [0.29, 0.717) is 17.1 Å². The minimum Gasteiger partial charge on any atom is -0.493 e. The van der Waals surface area contributed by atoms with Gasteiger partial charge in [0, 0.05) is 11.3 Å². The number of hydrogen-bond donors (Lipinski definition) is 1. The zero-order chi connectivity index (χ0) is 24.8. The first kappa shape index (κ1) is 24.0. The van der Waals surface area contributed by atoms with E-state index in [1.54, 1.807) is 18.2 Å². The highest BCUT2D eigenvalue weighted by Crippen LogP contribution is 2.31. The van der Waals surface area contributed by atoms with Crippen molar-refractivity contribution < 1.29 is 37.9 Å². The van der Waals surface area contributed by atoms with Crippen molar-refractivity contribution >= 4 is 23.5 Å². The Bertz CT molecular complexity index is 1260. The van der Waals surface area contributed by atoms with E-state index in [0.717, 1.165) is 4.57 Å². The maximum atomic E-state index is 12.7. The standard InChI is InChI=1S/C22H21N3O9/c1-30-16-6-5-12(10-17(16)31-2)19-24-34-22(29)25(19)11-18(26)23-15-8-13(20(27)32-3)7-14(9-15)21(28)33-4/h5-10H,11H2,1-4H3,(H,23,26). The Kier molecular flexibility index (Phi) is 7.31. The number of anilines is 1. The second kappa shape index (κ2) is 10.3. The Morgan fingerprint density at radius 2 is 1.53 bits per heavy atom. The van der Waals surface area contributed by atoms with Crippen molar-refractivity contribution in [2.45, 2.75) is 6.54 Å². The van der Waals surface area contributed by atoms with Gasteiger partial charge in [0.1, 0.15) is 6.54 Å². The molecule has 1 amide bonds. The van der Waals surface area contributed by atoms with E-state index in [4.69, 9.17) is 14.0 Å². The molecule has 0 saturated carbocycles. The second-order valence-electron chi connectivity index (χ2n) is 6.76. The first-order chi connectivity index (χ1) is 16.3. The first-order valence-electron chi connectivity index (χ1n) is 9.71. The summed E-state index contributed by atoms with van der Waals surface area (Å²) in [5.74, 6) is -2.00. The summed E-state index contributed by atoms with van der Waals surface area (Å²) in [5, 5.41) is 6.29. The van der Waals surface area contributed by atoms with E-state index in [9.17, 15) is 19.2 Å². The molecule has 0 aliphatic carbocycles. The molecule has 178 valence electrons. The number of nitrogens with zero attached hydrogens (tertiary/aromatic N) is 2. The molecule has 1 heterocycles. The van der Waals surface area contributed by atoms with Crippen LogP contribution in [0.25, 0.3) is 11.4 Å². The van der Waals surface area contributed by atoms with Crippen LogP contribution in [0.5, 0.6) is 11.5 Å². The van der Waals surface area contributed by atoms with Gasteiger partial charge in [-0.3, -0.25) is 9.32 Å². The molecule has 0 spiro atoms. The van der Waals surface area contributed by atoms with Crippen molar-refractivity contribution in [1.82, 2.24) is 9.72 Å². The molecule has 2 aromatic carbocycles. The highest BCUT2D eigenvalue weighted by atomic mass is 16.5. The number of carbonyl (C=O) groups excluding carboxylic acids is 3. The Morgan fingerprint density at radius 1 is 0.912 bits per heavy atom. The van der Waals surface area contributed by atoms with E-state index < -0.39 is 30.1 Å². The highest BCUT2D eigenvalue weighted by Gasteiger charge is 2.19. The molecular formula is C22H21N3O9. The zero-order valence-corrected chi connectivity index (χ0v) is 18.7. The van der Waals surface area contributed by atoms with Crippen LogP contribution < -0.4 is 20.5 Å². The van der Waals surface area contributed by atoms with Gasteiger partial charge in [0.25, 0.3) is 0 Å². The van der Waals surface area contributed by atoms with Gasteiger partial charge in [-0.05, 0) is 36.4 Å². The van der Waals surface area contributed by atoms with Crippen LogP contribution in [0.15, 0.2) is 45.7 Å². The van der Waals surface area contributed by atoms with Crippen molar-refractivity contribution in [3.05, 3.63) is 58.1 Å². The third-order valence-electron chi connectivity index (χ3n) is 4.69. The zero-order valence-electron chi connectivity index (χ0n) is 18.7. The van der Waals surface area contributed by atoms with E-state index in [-0.39, 0.29) is 22.6 Å². The van der Waals surface area contributed by atoms with Gasteiger partial charge in [0.2, 0.25) is 5.91 Å².